The average molecular weight is 324 g/mol. The van der Waals surface area contributed by atoms with E-state index in [4.69, 9.17) is 0 Å². The molecule has 3 rings (SSSR count). The molecule has 0 aliphatic carbocycles. The molecule has 2 aromatic rings. The number of rotatable bonds is 3. The molecule has 0 spiro atoms. The molecule has 0 amide bonds. The molecule has 4 nitrogen and oxygen atoms in total. The molecule has 1 fully saturated rings. The molecule has 1 aliphatic heterocycles. The summed E-state index contributed by atoms with van der Waals surface area (Å²) < 4.78 is 53.8. The van der Waals surface area contributed by atoms with Gasteiger partial charge in [-0.1, -0.05) is 12.1 Å². The number of benzene rings is 1. The van der Waals surface area contributed by atoms with Crippen molar-refractivity contribution >= 4 is 10.0 Å². The minimum Gasteiger partial charge on any atom is -0.260 e. The quantitative estimate of drug-likeness (QED) is 0.872. The average Bonchev–Trinajstić information content (AvgIpc) is 3.01. The summed E-state index contributed by atoms with van der Waals surface area (Å²) in [6.45, 7) is 0.263. The van der Waals surface area contributed by atoms with Crippen molar-refractivity contribution in [3.05, 3.63) is 59.9 Å². The number of hydrogen-bond donors (Lipinski definition) is 0. The number of nitrogens with zero attached hydrogens (tertiary/aromatic N) is 2. The number of hydrogen-bond acceptors (Lipinski definition) is 3. The van der Waals surface area contributed by atoms with Gasteiger partial charge in [0, 0.05) is 12.7 Å². The molecular weight excluding hydrogens is 310 g/mol. The van der Waals surface area contributed by atoms with Crippen LogP contribution in [-0.2, 0) is 10.0 Å². The third kappa shape index (κ3) is 2.50. The van der Waals surface area contributed by atoms with E-state index in [-0.39, 0.29) is 6.54 Å². The molecule has 1 saturated heterocycles. The molecule has 1 aromatic heterocycles. The van der Waals surface area contributed by atoms with Crippen LogP contribution in [0.25, 0.3) is 0 Å². The highest BCUT2D eigenvalue weighted by Crippen LogP contribution is 2.36. The predicted octanol–water partition coefficient (Wildman–Crippen LogP) is 2.89. The van der Waals surface area contributed by atoms with E-state index in [1.165, 1.54) is 10.4 Å². The first-order valence-electron chi connectivity index (χ1n) is 6.88. The fourth-order valence-corrected chi connectivity index (χ4v) is 4.45. The first-order valence-corrected chi connectivity index (χ1v) is 8.32. The highest BCUT2D eigenvalue weighted by molar-refractivity contribution is 7.89. The van der Waals surface area contributed by atoms with E-state index in [0.29, 0.717) is 18.5 Å². The van der Waals surface area contributed by atoms with Crippen LogP contribution in [0, 0.1) is 11.6 Å². The summed E-state index contributed by atoms with van der Waals surface area (Å²) >= 11 is 0. The van der Waals surface area contributed by atoms with Crippen LogP contribution >= 0.6 is 0 Å². The van der Waals surface area contributed by atoms with E-state index in [1.807, 2.05) is 0 Å². The fourth-order valence-electron chi connectivity index (χ4n) is 2.71. The fraction of sp³-hybridized carbons (Fsp3) is 0.267. The summed E-state index contributed by atoms with van der Waals surface area (Å²) in [6.07, 6.45) is 2.84. The Balaban J connectivity index is 2.03. The van der Waals surface area contributed by atoms with Crippen molar-refractivity contribution in [1.29, 1.82) is 0 Å². The van der Waals surface area contributed by atoms with Gasteiger partial charge in [-0.05, 0) is 37.1 Å². The summed E-state index contributed by atoms with van der Waals surface area (Å²) in [7, 11) is -4.11. The first kappa shape index (κ1) is 15.1. The molecule has 116 valence electrons. The van der Waals surface area contributed by atoms with Crippen LogP contribution in [0.2, 0.25) is 0 Å². The Kier molecular flexibility index (Phi) is 3.92. The molecule has 1 aliphatic rings. The summed E-state index contributed by atoms with van der Waals surface area (Å²) in [5.74, 6) is -2.51. The molecule has 0 bridgehead atoms. The second-order valence-electron chi connectivity index (χ2n) is 5.08. The maximum absolute atomic E-state index is 13.9. The van der Waals surface area contributed by atoms with Gasteiger partial charge in [0.1, 0.15) is 4.90 Å². The summed E-state index contributed by atoms with van der Waals surface area (Å²) in [6, 6.07) is 7.97. The second-order valence-corrected chi connectivity index (χ2v) is 6.94. The third-order valence-electron chi connectivity index (χ3n) is 3.74. The summed E-state index contributed by atoms with van der Waals surface area (Å²) in [4.78, 5) is 3.55. The lowest BCUT2D eigenvalue weighted by Gasteiger charge is -2.23. The molecule has 0 unspecified atom stereocenters. The zero-order chi connectivity index (χ0) is 15.7. The minimum absolute atomic E-state index is 0.263. The lowest BCUT2D eigenvalue weighted by molar-refractivity contribution is 0.385. The van der Waals surface area contributed by atoms with Crippen molar-refractivity contribution in [2.45, 2.75) is 23.8 Å². The summed E-state index contributed by atoms with van der Waals surface area (Å²) in [5.41, 5.74) is 0.611. The number of halogens is 2. The van der Waals surface area contributed by atoms with Gasteiger partial charge in [0.15, 0.2) is 11.6 Å². The van der Waals surface area contributed by atoms with Gasteiger partial charge in [-0.2, -0.15) is 4.31 Å². The molecule has 22 heavy (non-hydrogen) atoms. The predicted molar refractivity (Wildman–Crippen MR) is 76.5 cm³/mol. The van der Waals surface area contributed by atoms with E-state index < -0.39 is 32.6 Å². The van der Waals surface area contributed by atoms with Crippen molar-refractivity contribution in [1.82, 2.24) is 9.29 Å². The Morgan fingerprint density at radius 2 is 1.95 bits per heavy atom. The number of aromatic nitrogens is 1. The summed E-state index contributed by atoms with van der Waals surface area (Å²) in [5, 5.41) is 0. The molecule has 0 saturated carbocycles. The maximum Gasteiger partial charge on any atom is 0.246 e. The lowest BCUT2D eigenvalue weighted by atomic mass is 10.1. The lowest BCUT2D eigenvalue weighted by Crippen LogP contribution is -2.31. The van der Waals surface area contributed by atoms with Crippen molar-refractivity contribution in [3.8, 4) is 0 Å². The zero-order valence-electron chi connectivity index (χ0n) is 11.6. The molecule has 1 atom stereocenters. The molecule has 1 aromatic carbocycles. The molecule has 0 N–H and O–H groups in total. The largest absolute Gasteiger partial charge is 0.260 e. The van der Waals surface area contributed by atoms with Gasteiger partial charge in [-0.15, -0.1) is 0 Å². The normalized spacial score (nSPS) is 19.5. The Bertz CT molecular complexity index is 781. The van der Waals surface area contributed by atoms with Crippen molar-refractivity contribution in [2.24, 2.45) is 0 Å². The monoisotopic (exact) mass is 324 g/mol. The van der Waals surface area contributed by atoms with Gasteiger partial charge in [-0.25, -0.2) is 17.2 Å². The third-order valence-corrected chi connectivity index (χ3v) is 5.66. The van der Waals surface area contributed by atoms with Gasteiger partial charge in [0.25, 0.3) is 0 Å². The second kappa shape index (κ2) is 5.73. The van der Waals surface area contributed by atoms with Gasteiger partial charge in [-0.3, -0.25) is 4.98 Å². The Labute approximate surface area is 127 Å². The topological polar surface area (TPSA) is 50.3 Å². The molecule has 7 heteroatoms. The van der Waals surface area contributed by atoms with Gasteiger partial charge >= 0.3 is 0 Å². The van der Waals surface area contributed by atoms with Crippen molar-refractivity contribution < 1.29 is 17.2 Å². The van der Waals surface area contributed by atoms with E-state index in [0.717, 1.165) is 12.1 Å². The minimum atomic E-state index is -4.11. The maximum atomic E-state index is 13.9. The van der Waals surface area contributed by atoms with E-state index in [1.54, 1.807) is 24.4 Å². The van der Waals surface area contributed by atoms with Crippen LogP contribution in [0.1, 0.15) is 24.6 Å². The standard InChI is InChI=1S/C15H14F2N2O2S/c16-11-5-3-8-14(15(11)17)22(20,21)19-10-4-7-13(19)12-6-1-2-9-18-12/h1-3,5-6,8-9,13H,4,7,10H2/t13-/m1/s1. The number of sulfonamides is 1. The van der Waals surface area contributed by atoms with E-state index in [9.17, 15) is 17.2 Å². The molecule has 2 heterocycles. The Hall–Kier alpha value is -1.86. The van der Waals surface area contributed by atoms with Crippen LogP contribution in [0.4, 0.5) is 8.78 Å². The SMILES string of the molecule is O=S(=O)(c1cccc(F)c1F)N1CCC[C@@H]1c1ccccn1. The molecular formula is C15H14F2N2O2S. The highest BCUT2D eigenvalue weighted by atomic mass is 32.2. The Morgan fingerprint density at radius 3 is 2.68 bits per heavy atom. The van der Waals surface area contributed by atoms with Gasteiger partial charge in [0.05, 0.1) is 11.7 Å². The first-order chi connectivity index (χ1) is 10.5. The van der Waals surface area contributed by atoms with Gasteiger partial charge < -0.3 is 0 Å². The highest BCUT2D eigenvalue weighted by Gasteiger charge is 2.38. The molecule has 0 radical (unpaired) electrons. The van der Waals surface area contributed by atoms with E-state index in [2.05, 4.69) is 4.98 Å². The smallest absolute Gasteiger partial charge is 0.246 e. The van der Waals surface area contributed by atoms with Crippen LogP contribution in [0.3, 0.4) is 0 Å². The van der Waals surface area contributed by atoms with Crippen LogP contribution < -0.4 is 0 Å². The van der Waals surface area contributed by atoms with Crippen LogP contribution in [0.15, 0.2) is 47.5 Å². The van der Waals surface area contributed by atoms with Gasteiger partial charge in [0.2, 0.25) is 10.0 Å². The number of pyridine rings is 1. The Morgan fingerprint density at radius 1 is 1.14 bits per heavy atom. The van der Waals surface area contributed by atoms with Crippen molar-refractivity contribution in [2.75, 3.05) is 6.54 Å². The van der Waals surface area contributed by atoms with Crippen LogP contribution in [-0.4, -0.2) is 24.3 Å². The van der Waals surface area contributed by atoms with E-state index >= 15 is 0 Å². The zero-order valence-corrected chi connectivity index (χ0v) is 12.4. The van der Waals surface area contributed by atoms with Crippen molar-refractivity contribution in [3.63, 3.8) is 0 Å². The van der Waals surface area contributed by atoms with Crippen LogP contribution in [0.5, 0.6) is 0 Å².